The number of para-hydroxylation sites is 2. The number of likely N-dealkylation sites (tertiary alicyclic amines) is 1. The first kappa shape index (κ1) is 31.3. The van der Waals surface area contributed by atoms with Gasteiger partial charge in [0.1, 0.15) is 5.82 Å². The van der Waals surface area contributed by atoms with Crippen molar-refractivity contribution in [2.75, 3.05) is 13.1 Å². The summed E-state index contributed by atoms with van der Waals surface area (Å²) in [5, 5.41) is 0. The molecule has 4 heteroatoms. The zero-order chi connectivity index (χ0) is 28.5. The van der Waals surface area contributed by atoms with Gasteiger partial charge in [-0.15, -0.1) is 0 Å². The minimum Gasteiger partial charge on any atom is -0.342 e. The minimum atomic E-state index is 0.187. The van der Waals surface area contributed by atoms with Crippen LogP contribution in [0.15, 0.2) is 54.6 Å². The van der Waals surface area contributed by atoms with Crippen LogP contribution in [0.5, 0.6) is 0 Å². The van der Waals surface area contributed by atoms with Gasteiger partial charge in [-0.25, -0.2) is 4.98 Å². The molecular weight excluding hydrogens is 502 g/mol. The van der Waals surface area contributed by atoms with E-state index in [2.05, 4.69) is 64.9 Å². The molecule has 0 N–H and O–H groups in total. The summed E-state index contributed by atoms with van der Waals surface area (Å²) in [6.07, 6.45) is 23.7. The van der Waals surface area contributed by atoms with Gasteiger partial charge in [0.25, 0.3) is 0 Å². The highest BCUT2D eigenvalue weighted by molar-refractivity contribution is 5.81. The van der Waals surface area contributed by atoms with Crippen molar-refractivity contribution < 1.29 is 4.79 Å². The van der Waals surface area contributed by atoms with Crippen LogP contribution in [0.2, 0.25) is 0 Å². The van der Waals surface area contributed by atoms with Gasteiger partial charge in [-0.1, -0.05) is 146 Å². The first-order valence-corrected chi connectivity index (χ1v) is 17.0. The number of fused-ring (bicyclic) bond motifs is 1. The average molecular weight is 558 g/mol. The first-order valence-electron chi connectivity index (χ1n) is 17.0. The predicted molar refractivity (Wildman–Crippen MR) is 173 cm³/mol. The summed E-state index contributed by atoms with van der Waals surface area (Å²) in [4.78, 5) is 20.0. The SMILES string of the molecule is CCCCCCCCCCCCCCCCCCn1c(C2CC(=O)N(CCc3ccccc3)C2)nc2ccccc21. The molecular formula is C37H55N3O. The zero-order valence-electron chi connectivity index (χ0n) is 25.9. The van der Waals surface area contributed by atoms with Crippen LogP contribution in [-0.2, 0) is 17.8 Å². The summed E-state index contributed by atoms with van der Waals surface area (Å²) >= 11 is 0. The smallest absolute Gasteiger partial charge is 0.223 e. The van der Waals surface area contributed by atoms with E-state index in [9.17, 15) is 4.79 Å². The summed E-state index contributed by atoms with van der Waals surface area (Å²) in [5.74, 6) is 1.57. The van der Waals surface area contributed by atoms with Crippen molar-refractivity contribution in [3.8, 4) is 0 Å². The predicted octanol–water partition coefficient (Wildman–Crippen LogP) is 9.86. The minimum absolute atomic E-state index is 0.187. The Bertz CT molecular complexity index is 1140. The normalized spacial score (nSPS) is 15.4. The number of aromatic nitrogens is 2. The van der Waals surface area contributed by atoms with Crippen molar-refractivity contribution in [1.82, 2.24) is 14.5 Å². The molecule has 3 aromatic rings. The Hall–Kier alpha value is -2.62. The van der Waals surface area contributed by atoms with Gasteiger partial charge in [0.05, 0.1) is 11.0 Å². The van der Waals surface area contributed by atoms with Crippen molar-refractivity contribution >= 4 is 16.9 Å². The van der Waals surface area contributed by atoms with E-state index < -0.39 is 0 Å². The van der Waals surface area contributed by atoms with Gasteiger partial charge in [-0.05, 0) is 30.5 Å². The molecule has 0 radical (unpaired) electrons. The quantitative estimate of drug-likeness (QED) is 0.122. The van der Waals surface area contributed by atoms with E-state index in [0.29, 0.717) is 6.42 Å². The van der Waals surface area contributed by atoms with E-state index in [4.69, 9.17) is 4.98 Å². The number of hydrogen-bond acceptors (Lipinski definition) is 2. The Morgan fingerprint density at radius 2 is 1.24 bits per heavy atom. The number of unbranched alkanes of at least 4 members (excludes halogenated alkanes) is 15. The number of rotatable bonds is 21. The van der Waals surface area contributed by atoms with E-state index in [0.717, 1.165) is 37.4 Å². The molecule has 224 valence electrons. The number of imidazole rings is 1. The van der Waals surface area contributed by atoms with Gasteiger partial charge in [-0.3, -0.25) is 4.79 Å². The van der Waals surface area contributed by atoms with Gasteiger partial charge >= 0.3 is 0 Å². The molecule has 1 atom stereocenters. The van der Waals surface area contributed by atoms with Gasteiger partial charge < -0.3 is 9.47 Å². The molecule has 0 saturated carbocycles. The molecule has 1 aliphatic rings. The van der Waals surface area contributed by atoms with Crippen molar-refractivity contribution in [3.63, 3.8) is 0 Å². The molecule has 0 bridgehead atoms. The molecule has 1 aliphatic heterocycles. The number of nitrogens with zero attached hydrogens (tertiary/aromatic N) is 3. The second kappa shape index (κ2) is 18.0. The lowest BCUT2D eigenvalue weighted by Gasteiger charge is -2.17. The van der Waals surface area contributed by atoms with Gasteiger partial charge in [-0.2, -0.15) is 0 Å². The van der Waals surface area contributed by atoms with Crippen LogP contribution in [-0.4, -0.2) is 33.4 Å². The average Bonchev–Trinajstić information content (AvgIpc) is 3.56. The van der Waals surface area contributed by atoms with Crippen LogP contribution in [0.4, 0.5) is 0 Å². The topological polar surface area (TPSA) is 38.1 Å². The highest BCUT2D eigenvalue weighted by Crippen LogP contribution is 2.31. The molecule has 4 nitrogen and oxygen atoms in total. The maximum atomic E-state index is 12.9. The van der Waals surface area contributed by atoms with Crippen LogP contribution in [0.3, 0.4) is 0 Å². The van der Waals surface area contributed by atoms with E-state index in [-0.39, 0.29) is 11.8 Å². The maximum Gasteiger partial charge on any atom is 0.223 e. The number of benzene rings is 2. The number of carbonyl (C=O) groups excluding carboxylic acids is 1. The summed E-state index contributed by atoms with van der Waals surface area (Å²) in [6, 6.07) is 19.0. The highest BCUT2D eigenvalue weighted by atomic mass is 16.2. The highest BCUT2D eigenvalue weighted by Gasteiger charge is 2.33. The van der Waals surface area contributed by atoms with E-state index >= 15 is 0 Å². The fourth-order valence-corrected chi connectivity index (χ4v) is 6.53. The third kappa shape index (κ3) is 10.3. The van der Waals surface area contributed by atoms with E-state index in [1.54, 1.807) is 0 Å². The monoisotopic (exact) mass is 557 g/mol. The third-order valence-corrected chi connectivity index (χ3v) is 9.01. The fourth-order valence-electron chi connectivity index (χ4n) is 6.53. The number of aryl methyl sites for hydroxylation is 1. The standard InChI is InChI=1S/C37H55N3O/c1-2-3-4-5-6-7-8-9-10-11-12-13-14-15-16-22-28-40-35-26-21-20-25-34(35)38-37(40)33-30-36(41)39(31-33)29-27-32-23-18-17-19-24-32/h17-21,23-26,33H,2-16,22,27-31H2,1H3. The van der Waals surface area contributed by atoms with Crippen LogP contribution >= 0.6 is 0 Å². The zero-order valence-corrected chi connectivity index (χ0v) is 25.9. The van der Waals surface area contributed by atoms with Gasteiger partial charge in [0.15, 0.2) is 0 Å². The fraction of sp³-hybridized carbons (Fsp3) is 0.622. The Balaban J connectivity index is 1.14. The Labute approximate surface area is 249 Å². The summed E-state index contributed by atoms with van der Waals surface area (Å²) in [6.45, 7) is 4.87. The van der Waals surface area contributed by atoms with Crippen molar-refractivity contribution in [3.05, 3.63) is 66.0 Å². The summed E-state index contributed by atoms with van der Waals surface area (Å²) in [7, 11) is 0. The molecule has 1 unspecified atom stereocenters. The number of carbonyl (C=O) groups is 1. The Morgan fingerprint density at radius 1 is 0.683 bits per heavy atom. The van der Waals surface area contributed by atoms with Crippen LogP contribution in [0.25, 0.3) is 11.0 Å². The molecule has 1 aromatic heterocycles. The largest absolute Gasteiger partial charge is 0.342 e. The second-order valence-electron chi connectivity index (χ2n) is 12.4. The number of hydrogen-bond donors (Lipinski definition) is 0. The lowest BCUT2D eigenvalue weighted by Crippen LogP contribution is -2.27. The van der Waals surface area contributed by atoms with Crippen molar-refractivity contribution in [2.24, 2.45) is 0 Å². The van der Waals surface area contributed by atoms with Crippen molar-refractivity contribution in [2.45, 2.75) is 135 Å². The summed E-state index contributed by atoms with van der Waals surface area (Å²) < 4.78 is 2.43. The molecule has 2 aromatic carbocycles. The number of amides is 1. The third-order valence-electron chi connectivity index (χ3n) is 9.01. The Kier molecular flexibility index (Phi) is 13.8. The molecule has 1 fully saturated rings. The first-order chi connectivity index (χ1) is 20.3. The maximum absolute atomic E-state index is 12.9. The van der Waals surface area contributed by atoms with Crippen molar-refractivity contribution in [1.29, 1.82) is 0 Å². The molecule has 4 rings (SSSR count). The van der Waals surface area contributed by atoms with Crippen LogP contribution < -0.4 is 0 Å². The molecule has 1 amide bonds. The van der Waals surface area contributed by atoms with E-state index in [1.165, 1.54) is 114 Å². The molecule has 0 spiro atoms. The lowest BCUT2D eigenvalue weighted by molar-refractivity contribution is -0.127. The molecule has 0 aliphatic carbocycles. The van der Waals surface area contributed by atoms with Crippen LogP contribution in [0, 0.1) is 0 Å². The lowest BCUT2D eigenvalue weighted by atomic mass is 10.0. The Morgan fingerprint density at radius 3 is 1.88 bits per heavy atom. The molecule has 41 heavy (non-hydrogen) atoms. The van der Waals surface area contributed by atoms with Crippen LogP contribution in [0.1, 0.15) is 133 Å². The molecule has 2 heterocycles. The van der Waals surface area contributed by atoms with Gasteiger partial charge in [0, 0.05) is 32.0 Å². The summed E-state index contributed by atoms with van der Waals surface area (Å²) in [5.41, 5.74) is 3.58. The second-order valence-corrected chi connectivity index (χ2v) is 12.4. The molecule has 1 saturated heterocycles. The van der Waals surface area contributed by atoms with Gasteiger partial charge in [0.2, 0.25) is 5.91 Å². The van der Waals surface area contributed by atoms with E-state index in [1.807, 2.05) is 6.07 Å².